The van der Waals surface area contributed by atoms with Gasteiger partial charge in [0.05, 0.1) is 25.0 Å². The Kier molecular flexibility index (Phi) is 7.54. The fourth-order valence-electron chi connectivity index (χ4n) is 2.36. The van der Waals surface area contributed by atoms with Crippen LogP contribution in [0.3, 0.4) is 0 Å². The summed E-state index contributed by atoms with van der Waals surface area (Å²) in [6.45, 7) is 5.99. The van der Waals surface area contributed by atoms with Crippen LogP contribution in [0.25, 0.3) is 0 Å². The van der Waals surface area contributed by atoms with E-state index in [1.165, 1.54) is 0 Å². The van der Waals surface area contributed by atoms with Crippen LogP contribution >= 0.6 is 0 Å². The summed E-state index contributed by atoms with van der Waals surface area (Å²) in [6.07, 6.45) is 2.37. The molecule has 1 aliphatic heterocycles. The van der Waals surface area contributed by atoms with E-state index in [4.69, 9.17) is 9.84 Å². The maximum absolute atomic E-state index is 12.1. The number of aliphatic carboxylic acids is 1. The van der Waals surface area contributed by atoms with Crippen LogP contribution < -0.4 is 10.6 Å². The minimum Gasteiger partial charge on any atom is -0.481 e. The lowest BCUT2D eigenvalue weighted by Gasteiger charge is -2.19. The lowest BCUT2D eigenvalue weighted by atomic mass is 10.0. The summed E-state index contributed by atoms with van der Waals surface area (Å²) in [5, 5.41) is 15.1. The first-order valence-corrected chi connectivity index (χ1v) is 7.41. The number of carbonyl (C=O) groups excluding carboxylic acids is 1. The maximum Gasteiger partial charge on any atom is 0.308 e. The molecule has 6 nitrogen and oxygen atoms in total. The Labute approximate surface area is 120 Å². The molecule has 0 aromatic carbocycles. The van der Waals surface area contributed by atoms with Crippen molar-refractivity contribution in [2.75, 3.05) is 26.3 Å². The predicted molar refractivity (Wildman–Crippen MR) is 75.4 cm³/mol. The standard InChI is InChI=1S/C14H26N2O4/c1-3-5-10(14(18)19)7-16-13(17)11-8-20-9-12(11)15-6-4-2/h10-12,15H,3-9H2,1-2H3,(H,16,17)(H,18,19). The molecule has 3 N–H and O–H groups in total. The van der Waals surface area contributed by atoms with Crippen molar-refractivity contribution < 1.29 is 19.4 Å². The molecular weight excluding hydrogens is 260 g/mol. The number of carboxylic acids is 1. The number of carboxylic acid groups (broad SMARTS) is 1. The van der Waals surface area contributed by atoms with Crippen molar-refractivity contribution in [3.8, 4) is 0 Å². The SMILES string of the molecule is CCCNC1COCC1C(=O)NCC(CCC)C(=O)O. The van der Waals surface area contributed by atoms with Crippen LogP contribution in [0.15, 0.2) is 0 Å². The summed E-state index contributed by atoms with van der Waals surface area (Å²) < 4.78 is 5.35. The zero-order valence-corrected chi connectivity index (χ0v) is 12.4. The highest BCUT2D eigenvalue weighted by molar-refractivity contribution is 5.80. The van der Waals surface area contributed by atoms with E-state index in [0.717, 1.165) is 19.4 Å². The fraction of sp³-hybridized carbons (Fsp3) is 0.857. The first-order valence-electron chi connectivity index (χ1n) is 7.41. The minimum atomic E-state index is -0.851. The van der Waals surface area contributed by atoms with Crippen molar-refractivity contribution in [2.45, 2.75) is 39.2 Å². The molecule has 0 radical (unpaired) electrons. The quantitative estimate of drug-likeness (QED) is 0.578. The predicted octanol–water partition coefficient (Wildman–Crippen LogP) is 0.618. The summed E-state index contributed by atoms with van der Waals surface area (Å²) in [5.74, 6) is -1.69. The highest BCUT2D eigenvalue weighted by Crippen LogP contribution is 2.14. The van der Waals surface area contributed by atoms with Crippen molar-refractivity contribution in [3.63, 3.8) is 0 Å². The van der Waals surface area contributed by atoms with Gasteiger partial charge in [0, 0.05) is 12.6 Å². The molecule has 1 rings (SSSR count). The first-order chi connectivity index (χ1) is 9.60. The normalized spacial score (nSPS) is 23.5. The van der Waals surface area contributed by atoms with Crippen LogP contribution in [0.5, 0.6) is 0 Å². The smallest absolute Gasteiger partial charge is 0.308 e. The second kappa shape index (κ2) is 8.92. The van der Waals surface area contributed by atoms with Gasteiger partial charge < -0.3 is 20.5 Å². The second-order valence-electron chi connectivity index (χ2n) is 5.27. The fourth-order valence-corrected chi connectivity index (χ4v) is 2.36. The molecule has 0 saturated carbocycles. The molecule has 1 fully saturated rings. The van der Waals surface area contributed by atoms with Gasteiger partial charge in [0.1, 0.15) is 0 Å². The van der Waals surface area contributed by atoms with Gasteiger partial charge in [0.15, 0.2) is 0 Å². The van der Waals surface area contributed by atoms with Crippen LogP contribution in [-0.4, -0.2) is 49.3 Å². The van der Waals surface area contributed by atoms with E-state index in [9.17, 15) is 9.59 Å². The number of nitrogens with one attached hydrogen (secondary N) is 2. The summed E-state index contributed by atoms with van der Waals surface area (Å²) in [5.41, 5.74) is 0. The second-order valence-corrected chi connectivity index (χ2v) is 5.27. The summed E-state index contributed by atoms with van der Waals surface area (Å²) in [7, 11) is 0. The van der Waals surface area contributed by atoms with Crippen LogP contribution in [0.4, 0.5) is 0 Å². The van der Waals surface area contributed by atoms with Gasteiger partial charge in [0.25, 0.3) is 0 Å². The van der Waals surface area contributed by atoms with E-state index in [0.29, 0.717) is 19.6 Å². The summed E-state index contributed by atoms with van der Waals surface area (Å²) >= 11 is 0. The Morgan fingerprint density at radius 1 is 1.30 bits per heavy atom. The van der Waals surface area contributed by atoms with E-state index in [1.807, 2.05) is 6.92 Å². The van der Waals surface area contributed by atoms with Crippen molar-refractivity contribution in [3.05, 3.63) is 0 Å². The molecule has 0 aliphatic carbocycles. The Balaban J connectivity index is 2.42. The molecule has 20 heavy (non-hydrogen) atoms. The highest BCUT2D eigenvalue weighted by Gasteiger charge is 2.33. The van der Waals surface area contributed by atoms with Gasteiger partial charge in [-0.3, -0.25) is 9.59 Å². The van der Waals surface area contributed by atoms with Crippen molar-refractivity contribution in [2.24, 2.45) is 11.8 Å². The van der Waals surface area contributed by atoms with Gasteiger partial charge in [-0.1, -0.05) is 20.3 Å². The van der Waals surface area contributed by atoms with Crippen LogP contribution in [-0.2, 0) is 14.3 Å². The highest BCUT2D eigenvalue weighted by atomic mass is 16.5. The molecule has 0 bridgehead atoms. The molecule has 1 amide bonds. The van der Waals surface area contributed by atoms with Crippen LogP contribution in [0, 0.1) is 11.8 Å². The van der Waals surface area contributed by atoms with Crippen LogP contribution in [0.2, 0.25) is 0 Å². The summed E-state index contributed by atoms with van der Waals surface area (Å²) in [4.78, 5) is 23.2. The molecule has 3 atom stereocenters. The van der Waals surface area contributed by atoms with E-state index in [-0.39, 0.29) is 24.4 Å². The number of hydrogen-bond acceptors (Lipinski definition) is 4. The van der Waals surface area contributed by atoms with Gasteiger partial charge in [-0.15, -0.1) is 0 Å². The molecule has 0 spiro atoms. The molecule has 3 unspecified atom stereocenters. The van der Waals surface area contributed by atoms with E-state index in [2.05, 4.69) is 17.6 Å². The molecule has 0 aromatic heterocycles. The molecule has 1 heterocycles. The minimum absolute atomic E-state index is 0.0319. The number of amides is 1. The van der Waals surface area contributed by atoms with Gasteiger partial charge in [0.2, 0.25) is 5.91 Å². The Morgan fingerprint density at radius 3 is 2.65 bits per heavy atom. The summed E-state index contributed by atoms with van der Waals surface area (Å²) in [6, 6.07) is 0.0319. The number of rotatable bonds is 9. The molecular formula is C14H26N2O4. The lowest BCUT2D eigenvalue weighted by molar-refractivity contribution is -0.142. The van der Waals surface area contributed by atoms with Crippen molar-refractivity contribution in [1.82, 2.24) is 10.6 Å². The third-order valence-electron chi connectivity index (χ3n) is 3.58. The van der Waals surface area contributed by atoms with E-state index < -0.39 is 11.9 Å². The Morgan fingerprint density at radius 2 is 2.05 bits per heavy atom. The Bertz CT molecular complexity index is 322. The van der Waals surface area contributed by atoms with Gasteiger partial charge in [-0.25, -0.2) is 0 Å². The van der Waals surface area contributed by atoms with Crippen molar-refractivity contribution in [1.29, 1.82) is 0 Å². The van der Waals surface area contributed by atoms with Crippen LogP contribution in [0.1, 0.15) is 33.1 Å². The number of hydrogen-bond donors (Lipinski definition) is 3. The van der Waals surface area contributed by atoms with E-state index in [1.54, 1.807) is 0 Å². The monoisotopic (exact) mass is 286 g/mol. The number of ether oxygens (including phenoxy) is 1. The zero-order valence-electron chi connectivity index (χ0n) is 12.4. The van der Waals surface area contributed by atoms with Gasteiger partial charge in [-0.05, 0) is 19.4 Å². The number of carbonyl (C=O) groups is 2. The van der Waals surface area contributed by atoms with Gasteiger partial charge in [-0.2, -0.15) is 0 Å². The maximum atomic E-state index is 12.1. The van der Waals surface area contributed by atoms with E-state index >= 15 is 0 Å². The van der Waals surface area contributed by atoms with Crippen molar-refractivity contribution >= 4 is 11.9 Å². The molecule has 0 aromatic rings. The average Bonchev–Trinajstić information content (AvgIpc) is 2.88. The molecule has 116 valence electrons. The third-order valence-corrected chi connectivity index (χ3v) is 3.58. The molecule has 1 aliphatic rings. The molecule has 6 heteroatoms. The average molecular weight is 286 g/mol. The zero-order chi connectivity index (χ0) is 15.0. The largest absolute Gasteiger partial charge is 0.481 e. The molecule has 1 saturated heterocycles. The Hall–Kier alpha value is -1.14. The topological polar surface area (TPSA) is 87.7 Å². The van der Waals surface area contributed by atoms with Gasteiger partial charge >= 0.3 is 5.97 Å². The lowest BCUT2D eigenvalue weighted by Crippen LogP contribution is -2.45. The third kappa shape index (κ3) is 5.09. The first kappa shape index (κ1) is 16.9.